The number of amides is 1. The summed E-state index contributed by atoms with van der Waals surface area (Å²) in [7, 11) is 0. The summed E-state index contributed by atoms with van der Waals surface area (Å²) in [6.07, 6.45) is 3.55. The van der Waals surface area contributed by atoms with E-state index in [2.05, 4.69) is 4.98 Å². The van der Waals surface area contributed by atoms with E-state index in [9.17, 15) is 14.9 Å². The quantitative estimate of drug-likeness (QED) is 0.234. The van der Waals surface area contributed by atoms with Gasteiger partial charge in [0, 0.05) is 22.6 Å². The molecule has 0 saturated heterocycles. The van der Waals surface area contributed by atoms with Crippen LogP contribution in [0.3, 0.4) is 0 Å². The molecule has 0 N–H and O–H groups in total. The van der Waals surface area contributed by atoms with Crippen molar-refractivity contribution in [2.24, 2.45) is 0 Å². The highest BCUT2D eigenvalue weighted by molar-refractivity contribution is 7.98. The summed E-state index contributed by atoms with van der Waals surface area (Å²) in [5, 5.41) is 11.4. The molecule has 2 aromatic heterocycles. The van der Waals surface area contributed by atoms with Crippen LogP contribution in [0, 0.1) is 10.1 Å². The number of non-ortho nitro benzene ring substituents is 1. The minimum atomic E-state index is -0.494. The Hall–Kier alpha value is -3.17. The lowest BCUT2D eigenvalue weighted by atomic mass is 10.2. The molecule has 0 aliphatic rings. The predicted octanol–water partition coefficient (Wildman–Crippen LogP) is 5.37. The van der Waals surface area contributed by atoms with E-state index in [0.29, 0.717) is 16.5 Å². The van der Waals surface area contributed by atoms with Crippen LogP contribution in [0.2, 0.25) is 0 Å². The van der Waals surface area contributed by atoms with E-state index >= 15 is 0 Å². The molecule has 0 radical (unpaired) electrons. The van der Waals surface area contributed by atoms with Crippen LogP contribution in [0.5, 0.6) is 0 Å². The summed E-state index contributed by atoms with van der Waals surface area (Å²) in [5.74, 6) is 0.310. The zero-order chi connectivity index (χ0) is 20.4. The molecule has 4 aromatic rings. The van der Waals surface area contributed by atoms with Gasteiger partial charge in [0.05, 0.1) is 27.9 Å². The number of carbonyl (C=O) groups excluding carboxylic acids is 1. The minimum absolute atomic E-state index is 0.0660. The monoisotopic (exact) mass is 425 g/mol. The van der Waals surface area contributed by atoms with Crippen molar-refractivity contribution in [3.05, 3.63) is 82.3 Å². The molecule has 0 spiro atoms. The maximum Gasteiger partial charge on any atom is 0.269 e. The Morgan fingerprint density at radius 2 is 2.03 bits per heavy atom. The van der Waals surface area contributed by atoms with Crippen LogP contribution in [-0.2, 0) is 6.54 Å². The van der Waals surface area contributed by atoms with E-state index in [4.69, 9.17) is 4.42 Å². The third kappa shape index (κ3) is 4.01. The van der Waals surface area contributed by atoms with Gasteiger partial charge >= 0.3 is 0 Å². The number of furan rings is 1. The normalized spacial score (nSPS) is 10.9. The molecule has 9 heteroatoms. The van der Waals surface area contributed by atoms with Gasteiger partial charge in [0.2, 0.25) is 0 Å². The van der Waals surface area contributed by atoms with Gasteiger partial charge in [-0.05, 0) is 48.7 Å². The highest BCUT2D eigenvalue weighted by atomic mass is 32.2. The number of nitro benzene ring substituents is 1. The number of fused-ring (bicyclic) bond motifs is 1. The van der Waals surface area contributed by atoms with Crippen LogP contribution in [0.4, 0.5) is 10.8 Å². The molecule has 0 bridgehead atoms. The SMILES string of the molecule is CSc1ccc2nc(N(Cc3ccco3)C(=O)c3ccc([N+](=O)[O-])cc3)sc2c1. The van der Waals surface area contributed by atoms with Gasteiger partial charge in [-0.3, -0.25) is 19.8 Å². The van der Waals surface area contributed by atoms with Crippen LogP contribution in [0.1, 0.15) is 16.1 Å². The number of carbonyl (C=O) groups is 1. The number of hydrogen-bond donors (Lipinski definition) is 0. The summed E-state index contributed by atoms with van der Waals surface area (Å²) in [5.41, 5.74) is 1.08. The Bertz CT molecular complexity index is 1170. The molecule has 0 atom stereocenters. The zero-order valence-corrected chi connectivity index (χ0v) is 16.9. The van der Waals surface area contributed by atoms with Crippen molar-refractivity contribution in [1.29, 1.82) is 0 Å². The van der Waals surface area contributed by atoms with Gasteiger partial charge in [0.15, 0.2) is 5.13 Å². The number of anilines is 1. The first-order valence-electron chi connectivity index (χ1n) is 8.58. The van der Waals surface area contributed by atoms with E-state index in [1.54, 1.807) is 30.2 Å². The van der Waals surface area contributed by atoms with Crippen molar-refractivity contribution < 1.29 is 14.1 Å². The number of rotatable bonds is 6. The van der Waals surface area contributed by atoms with Crippen LogP contribution >= 0.6 is 23.1 Å². The van der Waals surface area contributed by atoms with Gasteiger partial charge in [-0.25, -0.2) is 4.98 Å². The number of thioether (sulfide) groups is 1. The molecule has 146 valence electrons. The smallest absolute Gasteiger partial charge is 0.269 e. The lowest BCUT2D eigenvalue weighted by Gasteiger charge is -2.18. The van der Waals surface area contributed by atoms with Crippen molar-refractivity contribution >= 4 is 50.0 Å². The zero-order valence-electron chi connectivity index (χ0n) is 15.3. The topological polar surface area (TPSA) is 89.5 Å². The molecule has 0 aliphatic carbocycles. The maximum atomic E-state index is 13.2. The Morgan fingerprint density at radius 3 is 2.69 bits per heavy atom. The van der Waals surface area contributed by atoms with Crippen molar-refractivity contribution in [2.75, 3.05) is 11.2 Å². The Kier molecular flexibility index (Phi) is 5.32. The first kappa shape index (κ1) is 19.2. The van der Waals surface area contributed by atoms with E-state index in [0.717, 1.165) is 15.1 Å². The molecular weight excluding hydrogens is 410 g/mol. The fraction of sp³-hybridized carbons (Fsp3) is 0.100. The Labute approximate surface area is 174 Å². The number of benzene rings is 2. The average molecular weight is 425 g/mol. The minimum Gasteiger partial charge on any atom is -0.467 e. The maximum absolute atomic E-state index is 13.2. The molecule has 0 saturated carbocycles. The van der Waals surface area contributed by atoms with Gasteiger partial charge in [0.1, 0.15) is 5.76 Å². The third-order valence-corrected chi connectivity index (χ3v) is 6.05. The lowest BCUT2D eigenvalue weighted by Crippen LogP contribution is -2.30. The van der Waals surface area contributed by atoms with Gasteiger partial charge in [0.25, 0.3) is 11.6 Å². The van der Waals surface area contributed by atoms with Crippen molar-refractivity contribution in [3.63, 3.8) is 0 Å². The fourth-order valence-electron chi connectivity index (χ4n) is 2.80. The molecule has 1 amide bonds. The van der Waals surface area contributed by atoms with Crippen LogP contribution in [0.25, 0.3) is 10.2 Å². The molecule has 0 aliphatic heterocycles. The Balaban J connectivity index is 1.73. The second kappa shape index (κ2) is 8.06. The summed E-state index contributed by atoms with van der Waals surface area (Å²) in [6.45, 7) is 0.206. The number of hydrogen-bond acceptors (Lipinski definition) is 7. The number of thiazole rings is 1. The van der Waals surface area contributed by atoms with E-state index in [1.165, 1.54) is 40.5 Å². The Morgan fingerprint density at radius 1 is 1.24 bits per heavy atom. The van der Waals surface area contributed by atoms with Crippen molar-refractivity contribution in [2.45, 2.75) is 11.4 Å². The molecule has 2 heterocycles. The molecule has 2 aromatic carbocycles. The molecule has 4 rings (SSSR count). The van der Waals surface area contributed by atoms with Crippen LogP contribution < -0.4 is 4.90 Å². The molecule has 0 unspecified atom stereocenters. The number of nitro groups is 1. The number of nitrogens with zero attached hydrogens (tertiary/aromatic N) is 3. The first-order chi connectivity index (χ1) is 14.0. The van der Waals surface area contributed by atoms with E-state index in [-0.39, 0.29) is 18.1 Å². The standard InChI is InChI=1S/C20H15N3O4S2/c1-28-16-8-9-17-18(11-16)29-20(21-17)22(12-15-3-2-10-27-15)19(24)13-4-6-14(7-5-13)23(25)26/h2-11H,12H2,1H3. The van der Waals surface area contributed by atoms with Gasteiger partial charge < -0.3 is 4.42 Å². The van der Waals surface area contributed by atoms with Crippen LogP contribution in [0.15, 0.2) is 70.2 Å². The third-order valence-electron chi connectivity index (χ3n) is 4.28. The molecular formula is C20H15N3O4S2. The largest absolute Gasteiger partial charge is 0.467 e. The summed E-state index contributed by atoms with van der Waals surface area (Å²) >= 11 is 3.06. The van der Waals surface area contributed by atoms with Gasteiger partial charge in [-0.2, -0.15) is 0 Å². The van der Waals surface area contributed by atoms with E-state index < -0.39 is 4.92 Å². The highest BCUT2D eigenvalue weighted by Crippen LogP contribution is 2.33. The number of aromatic nitrogens is 1. The summed E-state index contributed by atoms with van der Waals surface area (Å²) < 4.78 is 6.40. The van der Waals surface area contributed by atoms with Gasteiger partial charge in [-0.1, -0.05) is 11.3 Å². The summed E-state index contributed by atoms with van der Waals surface area (Å²) in [4.78, 5) is 30.9. The second-order valence-corrected chi connectivity index (χ2v) is 7.99. The van der Waals surface area contributed by atoms with Crippen molar-refractivity contribution in [1.82, 2.24) is 4.98 Å². The van der Waals surface area contributed by atoms with E-state index in [1.807, 2.05) is 24.5 Å². The highest BCUT2D eigenvalue weighted by Gasteiger charge is 2.23. The predicted molar refractivity (Wildman–Crippen MR) is 114 cm³/mol. The summed E-state index contributed by atoms with van der Waals surface area (Å²) in [6, 6.07) is 15.1. The van der Waals surface area contributed by atoms with Crippen LogP contribution in [-0.4, -0.2) is 22.1 Å². The first-order valence-corrected chi connectivity index (χ1v) is 10.6. The average Bonchev–Trinajstić information content (AvgIpc) is 3.40. The molecule has 29 heavy (non-hydrogen) atoms. The fourth-order valence-corrected chi connectivity index (χ4v) is 4.32. The lowest BCUT2D eigenvalue weighted by molar-refractivity contribution is -0.384. The van der Waals surface area contributed by atoms with Gasteiger partial charge in [-0.15, -0.1) is 11.8 Å². The molecule has 0 fully saturated rings. The second-order valence-electron chi connectivity index (χ2n) is 6.10. The van der Waals surface area contributed by atoms with Crippen molar-refractivity contribution in [3.8, 4) is 0 Å². The molecule has 7 nitrogen and oxygen atoms in total.